The van der Waals surface area contributed by atoms with E-state index in [1.54, 1.807) is 37.3 Å². The number of aryl methyl sites for hydroxylation is 1. The minimum Gasteiger partial charge on any atom is -0.386 e. The number of nitrogens with one attached hydrogen (secondary N) is 1. The van der Waals surface area contributed by atoms with E-state index in [2.05, 4.69) is 10.5 Å². The maximum absolute atomic E-state index is 13.4. The molecule has 0 spiro atoms. The number of hydrogen-bond acceptors (Lipinski definition) is 3. The van der Waals surface area contributed by atoms with Gasteiger partial charge < -0.3 is 10.2 Å². The van der Waals surface area contributed by atoms with E-state index in [0.717, 1.165) is 0 Å². The molecule has 0 atom stereocenters. The van der Waals surface area contributed by atoms with E-state index < -0.39 is 11.7 Å². The molecule has 120 valence electrons. The van der Waals surface area contributed by atoms with Crippen molar-refractivity contribution < 1.29 is 14.0 Å². The van der Waals surface area contributed by atoms with Gasteiger partial charge in [0, 0.05) is 11.3 Å². The van der Waals surface area contributed by atoms with Crippen molar-refractivity contribution in [3.63, 3.8) is 0 Å². The largest absolute Gasteiger partial charge is 0.386 e. The molecule has 1 N–H and O–H groups in total. The summed E-state index contributed by atoms with van der Waals surface area (Å²) < 4.78 is 13.4. The SMILES string of the molecule is Cc1ccc(NC(=O)CO/N=C\c2cccc(Cl)c2Cl)cc1F. The minimum absolute atomic E-state index is 0.315. The number of halogens is 3. The number of oxime groups is 1. The number of amides is 1. The lowest BCUT2D eigenvalue weighted by atomic mass is 10.2. The number of rotatable bonds is 5. The van der Waals surface area contributed by atoms with Crippen LogP contribution in [-0.2, 0) is 9.63 Å². The Bertz CT molecular complexity index is 751. The average molecular weight is 355 g/mol. The zero-order valence-corrected chi connectivity index (χ0v) is 13.7. The van der Waals surface area contributed by atoms with Crippen LogP contribution in [0.4, 0.5) is 10.1 Å². The van der Waals surface area contributed by atoms with Gasteiger partial charge in [0.15, 0.2) is 6.61 Å². The molecule has 0 saturated heterocycles. The van der Waals surface area contributed by atoms with Crippen LogP contribution in [0.25, 0.3) is 0 Å². The third kappa shape index (κ3) is 4.94. The normalized spacial score (nSPS) is 10.8. The van der Waals surface area contributed by atoms with Gasteiger partial charge in [-0.2, -0.15) is 0 Å². The Morgan fingerprint density at radius 2 is 2.13 bits per heavy atom. The van der Waals surface area contributed by atoms with Gasteiger partial charge >= 0.3 is 0 Å². The first-order valence-corrected chi connectivity index (χ1v) is 7.38. The highest BCUT2D eigenvalue weighted by molar-refractivity contribution is 6.43. The summed E-state index contributed by atoms with van der Waals surface area (Å²) in [5.41, 5.74) is 1.42. The number of hydrogen-bond donors (Lipinski definition) is 1. The quantitative estimate of drug-likeness (QED) is 0.637. The minimum atomic E-state index is -0.456. The molecule has 4 nitrogen and oxygen atoms in total. The van der Waals surface area contributed by atoms with Gasteiger partial charge in [0.1, 0.15) is 5.82 Å². The molecule has 0 aromatic heterocycles. The highest BCUT2D eigenvalue weighted by atomic mass is 35.5. The Morgan fingerprint density at radius 3 is 2.87 bits per heavy atom. The predicted molar refractivity (Wildman–Crippen MR) is 89.8 cm³/mol. The summed E-state index contributed by atoms with van der Waals surface area (Å²) in [5, 5.41) is 6.90. The number of carbonyl (C=O) groups excluding carboxylic acids is 1. The summed E-state index contributed by atoms with van der Waals surface area (Å²) in [6.07, 6.45) is 1.35. The smallest absolute Gasteiger partial charge is 0.265 e. The highest BCUT2D eigenvalue weighted by Crippen LogP contribution is 2.24. The molecule has 1 amide bonds. The van der Waals surface area contributed by atoms with Crippen LogP contribution < -0.4 is 5.32 Å². The highest BCUT2D eigenvalue weighted by Gasteiger charge is 2.05. The number of benzene rings is 2. The Kier molecular flexibility index (Phi) is 5.96. The second kappa shape index (κ2) is 7.94. The van der Waals surface area contributed by atoms with E-state index in [-0.39, 0.29) is 6.61 Å². The maximum Gasteiger partial charge on any atom is 0.265 e. The van der Waals surface area contributed by atoms with Crippen molar-refractivity contribution in [3.05, 3.63) is 63.4 Å². The number of nitrogens with zero attached hydrogens (tertiary/aromatic N) is 1. The van der Waals surface area contributed by atoms with E-state index in [0.29, 0.717) is 26.9 Å². The van der Waals surface area contributed by atoms with Crippen molar-refractivity contribution in [1.82, 2.24) is 0 Å². The van der Waals surface area contributed by atoms with E-state index in [1.165, 1.54) is 12.3 Å². The standard InChI is InChI=1S/C16H13Cl2FN2O2/c1-10-5-6-12(7-14(10)19)21-15(22)9-23-20-8-11-3-2-4-13(17)16(11)18/h2-8H,9H2,1H3,(H,21,22)/b20-8-. The van der Waals surface area contributed by atoms with Crippen molar-refractivity contribution in [3.8, 4) is 0 Å². The topological polar surface area (TPSA) is 50.7 Å². The van der Waals surface area contributed by atoms with Crippen LogP contribution in [0.2, 0.25) is 10.0 Å². The molecule has 0 fully saturated rings. The van der Waals surface area contributed by atoms with Gasteiger partial charge in [-0.05, 0) is 30.7 Å². The fourth-order valence-electron chi connectivity index (χ4n) is 1.68. The average Bonchev–Trinajstić information content (AvgIpc) is 2.51. The van der Waals surface area contributed by atoms with Crippen LogP contribution in [0.5, 0.6) is 0 Å². The van der Waals surface area contributed by atoms with Crippen LogP contribution in [0.3, 0.4) is 0 Å². The molecule has 7 heteroatoms. The van der Waals surface area contributed by atoms with Gasteiger partial charge in [-0.25, -0.2) is 4.39 Å². The first kappa shape index (κ1) is 17.2. The lowest BCUT2D eigenvalue weighted by Gasteiger charge is -2.05. The van der Waals surface area contributed by atoms with Crippen molar-refractivity contribution in [2.75, 3.05) is 11.9 Å². The number of anilines is 1. The summed E-state index contributed by atoms with van der Waals surface area (Å²) in [5.74, 6) is -0.847. The molecule has 23 heavy (non-hydrogen) atoms. The summed E-state index contributed by atoms with van der Waals surface area (Å²) in [6, 6.07) is 9.49. The summed E-state index contributed by atoms with van der Waals surface area (Å²) in [4.78, 5) is 16.5. The van der Waals surface area contributed by atoms with Crippen LogP contribution in [0.15, 0.2) is 41.6 Å². The predicted octanol–water partition coefficient (Wildman–Crippen LogP) is 4.43. The second-order valence-electron chi connectivity index (χ2n) is 4.66. The molecule has 0 radical (unpaired) electrons. The summed E-state index contributed by atoms with van der Waals surface area (Å²) in [7, 11) is 0. The molecule has 0 heterocycles. The first-order valence-electron chi connectivity index (χ1n) is 6.62. The zero-order chi connectivity index (χ0) is 16.8. The second-order valence-corrected chi connectivity index (χ2v) is 5.45. The van der Waals surface area contributed by atoms with Gasteiger partial charge in [0.2, 0.25) is 0 Å². The first-order chi connectivity index (χ1) is 11.0. The third-order valence-corrected chi connectivity index (χ3v) is 3.73. The Hall–Kier alpha value is -2.11. The third-order valence-electron chi connectivity index (χ3n) is 2.90. The van der Waals surface area contributed by atoms with E-state index in [9.17, 15) is 9.18 Å². The van der Waals surface area contributed by atoms with Crippen molar-refractivity contribution in [1.29, 1.82) is 0 Å². The molecule has 0 aliphatic heterocycles. The molecular formula is C16H13Cl2FN2O2. The summed E-state index contributed by atoms with van der Waals surface area (Å²) in [6.45, 7) is 1.32. The molecule has 0 bridgehead atoms. The molecule has 0 aliphatic carbocycles. The lowest BCUT2D eigenvalue weighted by Crippen LogP contribution is -2.17. The van der Waals surface area contributed by atoms with Crippen molar-refractivity contribution in [2.45, 2.75) is 6.92 Å². The molecule has 2 aromatic rings. The summed E-state index contributed by atoms with van der Waals surface area (Å²) >= 11 is 11.8. The van der Waals surface area contributed by atoms with Gasteiger partial charge in [-0.3, -0.25) is 4.79 Å². The Labute approximate surface area is 142 Å². The maximum atomic E-state index is 13.4. The molecular weight excluding hydrogens is 342 g/mol. The molecule has 2 aromatic carbocycles. The molecule has 0 saturated carbocycles. The van der Waals surface area contributed by atoms with E-state index in [4.69, 9.17) is 28.0 Å². The zero-order valence-electron chi connectivity index (χ0n) is 12.1. The molecule has 0 unspecified atom stereocenters. The van der Waals surface area contributed by atoms with Crippen LogP contribution >= 0.6 is 23.2 Å². The van der Waals surface area contributed by atoms with E-state index in [1.807, 2.05) is 0 Å². The fraction of sp³-hybridized carbons (Fsp3) is 0.125. The monoisotopic (exact) mass is 354 g/mol. The molecule has 2 rings (SSSR count). The van der Waals surface area contributed by atoms with Crippen molar-refractivity contribution in [2.24, 2.45) is 5.16 Å². The van der Waals surface area contributed by atoms with Crippen LogP contribution in [0, 0.1) is 12.7 Å². The molecule has 0 aliphatic rings. The van der Waals surface area contributed by atoms with E-state index >= 15 is 0 Å². The van der Waals surface area contributed by atoms with Crippen LogP contribution in [0.1, 0.15) is 11.1 Å². The van der Waals surface area contributed by atoms with Gasteiger partial charge in [-0.1, -0.05) is 46.6 Å². The van der Waals surface area contributed by atoms with Gasteiger partial charge in [-0.15, -0.1) is 0 Å². The lowest BCUT2D eigenvalue weighted by molar-refractivity contribution is -0.120. The Morgan fingerprint density at radius 1 is 1.35 bits per heavy atom. The van der Waals surface area contributed by atoms with Gasteiger partial charge in [0.25, 0.3) is 5.91 Å². The van der Waals surface area contributed by atoms with Crippen molar-refractivity contribution >= 4 is 41.0 Å². The Balaban J connectivity index is 1.86. The van der Waals surface area contributed by atoms with Crippen LogP contribution in [-0.4, -0.2) is 18.7 Å². The fourth-order valence-corrected chi connectivity index (χ4v) is 2.03. The number of carbonyl (C=O) groups is 1. The van der Waals surface area contributed by atoms with Gasteiger partial charge in [0.05, 0.1) is 16.3 Å².